The zero-order valence-corrected chi connectivity index (χ0v) is 20.9. The molecule has 8 nitrogen and oxygen atoms in total. The summed E-state index contributed by atoms with van der Waals surface area (Å²) in [5.74, 6) is 1.14. The maximum atomic E-state index is 9.27. The lowest BCUT2D eigenvalue weighted by Gasteiger charge is -2.42. The van der Waals surface area contributed by atoms with Gasteiger partial charge in [0.25, 0.3) is 0 Å². The molecular formula is C26H23ClN8S. The molecule has 2 aliphatic rings. The van der Waals surface area contributed by atoms with Crippen molar-refractivity contribution in [3.05, 3.63) is 70.5 Å². The molecule has 1 aromatic carbocycles. The number of hydrogen-bond acceptors (Lipinski definition) is 9. The number of nitrogens with two attached hydrogens (primary N) is 2. The van der Waals surface area contributed by atoms with E-state index in [0.29, 0.717) is 22.1 Å². The highest BCUT2D eigenvalue weighted by molar-refractivity contribution is 7.99. The van der Waals surface area contributed by atoms with Crippen LogP contribution in [0, 0.1) is 16.7 Å². The van der Waals surface area contributed by atoms with Crippen molar-refractivity contribution < 1.29 is 0 Å². The molecule has 1 aliphatic heterocycles. The third kappa shape index (κ3) is 3.91. The van der Waals surface area contributed by atoms with Gasteiger partial charge in [-0.1, -0.05) is 29.4 Å². The molecule has 4 heterocycles. The van der Waals surface area contributed by atoms with E-state index in [1.54, 1.807) is 12.4 Å². The average Bonchev–Trinajstić information content (AvgIpc) is 3.17. The smallest absolute Gasteiger partial charge is 0.179 e. The molecule has 180 valence electrons. The Bertz CT molecular complexity index is 1530. The number of nitriles is 1. The van der Waals surface area contributed by atoms with Crippen molar-refractivity contribution in [3.8, 4) is 6.07 Å². The molecule has 1 aliphatic carbocycles. The van der Waals surface area contributed by atoms with Crippen LogP contribution in [0.25, 0.3) is 11.2 Å². The quantitative estimate of drug-likeness (QED) is 0.405. The summed E-state index contributed by atoms with van der Waals surface area (Å²) >= 11 is 7.68. The first kappa shape index (κ1) is 23.0. The van der Waals surface area contributed by atoms with Crippen LogP contribution in [-0.4, -0.2) is 33.0 Å². The Morgan fingerprint density at radius 1 is 1.11 bits per heavy atom. The lowest BCUT2D eigenvalue weighted by atomic mass is 9.73. The third-order valence-electron chi connectivity index (χ3n) is 7.36. The SMILES string of the molecule is N#Cc1ccc2c(c1)[C@@H](N)C1(CCN(c3cnc4nc(Sc5ccnc(N)c5Cl)ccc4n3)CC1)C2. The van der Waals surface area contributed by atoms with E-state index in [0.717, 1.165) is 59.2 Å². The van der Waals surface area contributed by atoms with Crippen LogP contribution in [0.5, 0.6) is 0 Å². The Balaban J connectivity index is 1.18. The van der Waals surface area contributed by atoms with E-state index in [9.17, 15) is 5.26 Å². The highest BCUT2D eigenvalue weighted by Crippen LogP contribution is 2.51. The van der Waals surface area contributed by atoms with E-state index < -0.39 is 0 Å². The molecule has 0 saturated carbocycles. The van der Waals surface area contributed by atoms with Crippen LogP contribution in [-0.2, 0) is 6.42 Å². The van der Waals surface area contributed by atoms with Gasteiger partial charge in [-0.25, -0.2) is 19.9 Å². The fourth-order valence-corrected chi connectivity index (χ4v) is 6.37. The van der Waals surface area contributed by atoms with Gasteiger partial charge < -0.3 is 16.4 Å². The van der Waals surface area contributed by atoms with E-state index in [1.165, 1.54) is 17.3 Å². The Kier molecular flexibility index (Phi) is 5.67. The van der Waals surface area contributed by atoms with Gasteiger partial charge in [0.15, 0.2) is 5.65 Å². The number of hydrogen-bond donors (Lipinski definition) is 2. The number of piperidine rings is 1. The number of nitrogen functional groups attached to an aromatic ring is 1. The predicted molar refractivity (Wildman–Crippen MR) is 141 cm³/mol. The van der Waals surface area contributed by atoms with Gasteiger partial charge in [0.2, 0.25) is 0 Å². The third-order valence-corrected chi connectivity index (χ3v) is 8.86. The topological polar surface area (TPSA) is 131 Å². The Labute approximate surface area is 217 Å². The molecule has 0 radical (unpaired) electrons. The maximum Gasteiger partial charge on any atom is 0.179 e. The highest BCUT2D eigenvalue weighted by Gasteiger charge is 2.46. The fraction of sp³-hybridized carbons (Fsp3) is 0.269. The predicted octanol–water partition coefficient (Wildman–Crippen LogP) is 4.52. The number of halogens is 1. The van der Waals surface area contributed by atoms with Crippen molar-refractivity contribution in [1.82, 2.24) is 19.9 Å². The number of aromatic nitrogens is 4. The fourth-order valence-electron chi connectivity index (χ4n) is 5.32. The maximum absolute atomic E-state index is 9.27. The summed E-state index contributed by atoms with van der Waals surface area (Å²) in [6.07, 6.45) is 6.31. The standard InChI is InChI=1S/C26H23ClN8S/c27-22-19(5-8-31-24(22)30)36-21-4-3-18-25(34-21)32-14-20(33-18)35-9-6-26(7-10-35)12-16-2-1-15(13-28)11-17(16)23(26)29/h1-5,8,11,14,23H,6-7,9-10,12,29H2,(H2,30,31)/t23-/m1/s1. The minimum Gasteiger partial charge on any atom is -0.382 e. The minimum absolute atomic E-state index is 0.0303. The number of pyridine rings is 2. The molecule has 10 heteroatoms. The molecule has 0 bridgehead atoms. The summed E-state index contributed by atoms with van der Waals surface area (Å²) in [5.41, 5.74) is 17.0. The van der Waals surface area contributed by atoms with Gasteiger partial charge in [0.05, 0.1) is 22.9 Å². The average molecular weight is 515 g/mol. The number of anilines is 2. The zero-order chi connectivity index (χ0) is 24.9. The van der Waals surface area contributed by atoms with Crippen LogP contribution in [0.15, 0.2) is 58.7 Å². The summed E-state index contributed by atoms with van der Waals surface area (Å²) in [6, 6.07) is 13.8. The Hall–Kier alpha value is -3.45. The first-order valence-electron chi connectivity index (χ1n) is 11.7. The summed E-state index contributed by atoms with van der Waals surface area (Å²) in [4.78, 5) is 21.1. The van der Waals surface area contributed by atoms with Crippen LogP contribution in [0.1, 0.15) is 35.6 Å². The normalized spacial score (nSPS) is 18.4. The van der Waals surface area contributed by atoms with E-state index in [2.05, 4.69) is 32.0 Å². The monoisotopic (exact) mass is 514 g/mol. The number of benzene rings is 1. The van der Waals surface area contributed by atoms with Gasteiger partial charge in [-0.05, 0) is 66.1 Å². The van der Waals surface area contributed by atoms with Gasteiger partial charge in [0.1, 0.15) is 22.2 Å². The van der Waals surface area contributed by atoms with Gasteiger partial charge in [-0.2, -0.15) is 5.26 Å². The molecule has 3 aromatic heterocycles. The van der Waals surface area contributed by atoms with Crippen molar-refractivity contribution in [2.45, 2.75) is 35.2 Å². The van der Waals surface area contributed by atoms with Crippen LogP contribution in [0.4, 0.5) is 11.6 Å². The first-order chi connectivity index (χ1) is 17.5. The Morgan fingerprint density at radius 3 is 2.75 bits per heavy atom. The number of rotatable bonds is 3. The molecule has 6 rings (SSSR count). The van der Waals surface area contributed by atoms with E-state index >= 15 is 0 Å². The van der Waals surface area contributed by atoms with E-state index in [1.807, 2.05) is 30.3 Å². The lowest BCUT2D eigenvalue weighted by Crippen LogP contribution is -2.44. The number of fused-ring (bicyclic) bond motifs is 2. The first-order valence-corrected chi connectivity index (χ1v) is 12.9. The molecular weight excluding hydrogens is 492 g/mol. The van der Waals surface area contributed by atoms with Crippen LogP contribution in [0.3, 0.4) is 0 Å². The minimum atomic E-state index is -0.0463. The lowest BCUT2D eigenvalue weighted by molar-refractivity contribution is 0.187. The summed E-state index contributed by atoms with van der Waals surface area (Å²) in [7, 11) is 0. The van der Waals surface area contributed by atoms with Crippen molar-refractivity contribution in [2.75, 3.05) is 23.7 Å². The second kappa shape index (κ2) is 8.89. The van der Waals surface area contributed by atoms with Crippen LogP contribution in [0.2, 0.25) is 5.02 Å². The summed E-state index contributed by atoms with van der Waals surface area (Å²) in [5, 5.41) is 10.4. The Morgan fingerprint density at radius 2 is 1.94 bits per heavy atom. The van der Waals surface area contributed by atoms with Gasteiger partial charge >= 0.3 is 0 Å². The molecule has 4 N–H and O–H groups in total. The van der Waals surface area contributed by atoms with Crippen LogP contribution >= 0.6 is 23.4 Å². The van der Waals surface area contributed by atoms with E-state index in [4.69, 9.17) is 28.1 Å². The second-order valence-electron chi connectivity index (χ2n) is 9.36. The van der Waals surface area contributed by atoms with Gasteiger partial charge in [0, 0.05) is 30.2 Å². The zero-order valence-electron chi connectivity index (χ0n) is 19.4. The second-order valence-corrected chi connectivity index (χ2v) is 10.8. The summed E-state index contributed by atoms with van der Waals surface area (Å²) in [6.45, 7) is 1.71. The largest absolute Gasteiger partial charge is 0.382 e. The van der Waals surface area contributed by atoms with Crippen molar-refractivity contribution in [3.63, 3.8) is 0 Å². The van der Waals surface area contributed by atoms with Gasteiger partial charge in [-0.15, -0.1) is 0 Å². The van der Waals surface area contributed by atoms with Gasteiger partial charge in [-0.3, -0.25) is 0 Å². The van der Waals surface area contributed by atoms with Crippen molar-refractivity contribution in [2.24, 2.45) is 11.1 Å². The molecule has 0 amide bonds. The van der Waals surface area contributed by atoms with Crippen molar-refractivity contribution >= 4 is 46.2 Å². The van der Waals surface area contributed by atoms with E-state index in [-0.39, 0.29) is 11.5 Å². The van der Waals surface area contributed by atoms with Crippen LogP contribution < -0.4 is 16.4 Å². The summed E-state index contributed by atoms with van der Waals surface area (Å²) < 4.78 is 0. The molecule has 4 aromatic rings. The molecule has 0 unspecified atom stereocenters. The highest BCUT2D eigenvalue weighted by atomic mass is 35.5. The molecule has 1 saturated heterocycles. The van der Waals surface area contributed by atoms with Crippen molar-refractivity contribution in [1.29, 1.82) is 5.26 Å². The molecule has 1 spiro atoms. The molecule has 1 fully saturated rings. The molecule has 1 atom stereocenters. The molecule has 36 heavy (non-hydrogen) atoms. The number of nitrogens with zero attached hydrogens (tertiary/aromatic N) is 6.